The average Bonchev–Trinajstić information content (AvgIpc) is 3.43. The Balaban J connectivity index is 1.82. The standard InChI is InChI=1S/C28H30F8N2O5S2/c1-2-37-17-24(12-15-44(40,41)16-13-24)23(39)38-14-11-25(18-38,45(42,43)22-9-7-21(29)8-10-22)19-3-5-20(6-4-19)26(30,27(31,32)33)28(34,35)36/h3-10,37H,2,11-18H2,1H3. The molecule has 7 nitrogen and oxygen atoms in total. The number of sulfone groups is 2. The molecule has 2 aromatic carbocycles. The summed E-state index contributed by atoms with van der Waals surface area (Å²) in [6.07, 6.45) is -13.3. The third-order valence-corrected chi connectivity index (χ3v) is 12.8. The van der Waals surface area contributed by atoms with Gasteiger partial charge in [-0.25, -0.2) is 25.6 Å². The van der Waals surface area contributed by atoms with E-state index in [2.05, 4.69) is 5.32 Å². The lowest BCUT2D eigenvalue weighted by molar-refractivity contribution is -0.348. The Morgan fingerprint density at radius 1 is 0.889 bits per heavy atom. The highest BCUT2D eigenvalue weighted by Gasteiger charge is 2.73. The fraction of sp³-hybridized carbons (Fsp3) is 0.536. The summed E-state index contributed by atoms with van der Waals surface area (Å²) in [7, 11) is -8.06. The van der Waals surface area contributed by atoms with Crippen LogP contribution in [0.3, 0.4) is 0 Å². The van der Waals surface area contributed by atoms with Gasteiger partial charge in [-0.1, -0.05) is 31.2 Å². The maximum absolute atomic E-state index is 14.7. The van der Waals surface area contributed by atoms with Gasteiger partial charge >= 0.3 is 18.0 Å². The van der Waals surface area contributed by atoms with Crippen molar-refractivity contribution in [2.24, 2.45) is 5.41 Å². The number of likely N-dealkylation sites (tertiary alicyclic amines) is 1. The average molecular weight is 691 g/mol. The van der Waals surface area contributed by atoms with Crippen LogP contribution in [0.25, 0.3) is 0 Å². The number of nitrogens with zero attached hydrogens (tertiary/aromatic N) is 1. The molecule has 2 saturated heterocycles. The van der Waals surface area contributed by atoms with Gasteiger partial charge in [0.1, 0.15) is 20.4 Å². The normalized spacial score (nSPS) is 22.4. The highest BCUT2D eigenvalue weighted by molar-refractivity contribution is 7.92. The Hall–Kier alpha value is -2.79. The number of hydrogen-bond acceptors (Lipinski definition) is 6. The second-order valence-corrected chi connectivity index (χ2v) is 15.9. The Kier molecular flexibility index (Phi) is 9.18. The van der Waals surface area contributed by atoms with Crippen LogP contribution in [0.4, 0.5) is 35.1 Å². The van der Waals surface area contributed by atoms with E-state index in [1.54, 1.807) is 6.92 Å². The van der Waals surface area contributed by atoms with Crippen molar-refractivity contribution in [3.05, 3.63) is 65.5 Å². The van der Waals surface area contributed by atoms with Crippen LogP contribution in [0.5, 0.6) is 0 Å². The van der Waals surface area contributed by atoms with Crippen LogP contribution in [-0.4, -0.2) is 77.7 Å². The van der Waals surface area contributed by atoms with Gasteiger partial charge in [-0.05, 0) is 55.6 Å². The summed E-state index contributed by atoms with van der Waals surface area (Å²) in [5.41, 5.74) is -9.11. The SMILES string of the molecule is CCNCC1(C(=O)N2CCC(c3ccc(C(F)(C(F)(F)F)C(F)(F)F)cc3)(S(=O)(=O)c3ccc(F)cc3)C2)CCS(=O)(=O)CC1. The van der Waals surface area contributed by atoms with Crippen molar-refractivity contribution in [2.45, 2.75) is 53.9 Å². The summed E-state index contributed by atoms with van der Waals surface area (Å²) in [4.78, 5) is 14.8. The number of hydrogen-bond donors (Lipinski definition) is 1. The molecule has 45 heavy (non-hydrogen) atoms. The minimum Gasteiger partial charge on any atom is -0.340 e. The molecule has 1 atom stereocenters. The van der Waals surface area contributed by atoms with Crippen molar-refractivity contribution in [3.63, 3.8) is 0 Å². The number of rotatable bonds is 8. The van der Waals surface area contributed by atoms with Crippen molar-refractivity contribution < 1.29 is 56.8 Å². The van der Waals surface area contributed by atoms with Crippen molar-refractivity contribution in [3.8, 4) is 0 Å². The lowest BCUT2D eigenvalue weighted by Crippen LogP contribution is -2.53. The lowest BCUT2D eigenvalue weighted by Gasteiger charge is -2.39. The second kappa shape index (κ2) is 11.8. The van der Waals surface area contributed by atoms with E-state index in [1.807, 2.05) is 0 Å². The van der Waals surface area contributed by atoms with Gasteiger partial charge in [0.05, 0.1) is 21.8 Å². The first-order chi connectivity index (χ1) is 20.7. The van der Waals surface area contributed by atoms with Gasteiger partial charge in [-0.15, -0.1) is 0 Å². The molecular weight excluding hydrogens is 660 g/mol. The molecule has 2 heterocycles. The van der Waals surface area contributed by atoms with Crippen LogP contribution >= 0.6 is 0 Å². The zero-order chi connectivity index (χ0) is 33.7. The van der Waals surface area contributed by atoms with Gasteiger partial charge in [0.25, 0.3) is 0 Å². The molecule has 17 heteroatoms. The van der Waals surface area contributed by atoms with Gasteiger partial charge in [-0.3, -0.25) is 4.79 Å². The topological polar surface area (TPSA) is 101 Å². The maximum Gasteiger partial charge on any atom is 0.435 e. The minimum absolute atomic E-state index is 0.0580. The molecule has 2 aliphatic heterocycles. The summed E-state index contributed by atoms with van der Waals surface area (Å²) in [6.45, 7) is 1.45. The number of amides is 1. The maximum atomic E-state index is 14.7. The third kappa shape index (κ3) is 6.06. The molecule has 0 aromatic heterocycles. The molecular formula is C28H30F8N2O5S2. The zero-order valence-corrected chi connectivity index (χ0v) is 25.4. The van der Waals surface area contributed by atoms with Gasteiger partial charge in [-0.2, -0.15) is 26.3 Å². The number of alkyl halides is 7. The smallest absolute Gasteiger partial charge is 0.340 e. The van der Waals surface area contributed by atoms with E-state index in [-0.39, 0.29) is 61.6 Å². The molecule has 4 rings (SSSR count). The third-order valence-electron chi connectivity index (χ3n) is 8.70. The van der Waals surface area contributed by atoms with Crippen LogP contribution < -0.4 is 5.32 Å². The van der Waals surface area contributed by atoms with E-state index in [4.69, 9.17) is 0 Å². The summed E-state index contributed by atoms with van der Waals surface area (Å²) in [6, 6.07) is 5.28. The lowest BCUT2D eigenvalue weighted by atomic mass is 9.80. The quantitative estimate of drug-likeness (QED) is 0.315. The summed E-state index contributed by atoms with van der Waals surface area (Å²) in [5.74, 6) is -1.93. The van der Waals surface area contributed by atoms with E-state index in [0.717, 1.165) is 24.3 Å². The van der Waals surface area contributed by atoms with Gasteiger partial charge < -0.3 is 10.2 Å². The second-order valence-electron chi connectivity index (χ2n) is 11.4. The van der Waals surface area contributed by atoms with Crippen molar-refractivity contribution in [1.29, 1.82) is 0 Å². The van der Waals surface area contributed by atoms with Crippen LogP contribution in [0.1, 0.15) is 37.3 Å². The Labute approximate surface area is 254 Å². The molecule has 1 amide bonds. The molecule has 2 aliphatic rings. The van der Waals surface area contributed by atoms with Gasteiger partial charge in [0, 0.05) is 25.2 Å². The molecule has 0 aliphatic carbocycles. The van der Waals surface area contributed by atoms with Gasteiger partial charge in [0.15, 0.2) is 9.84 Å². The predicted molar refractivity (Wildman–Crippen MR) is 147 cm³/mol. The predicted octanol–water partition coefficient (Wildman–Crippen LogP) is 4.82. The molecule has 1 unspecified atom stereocenters. The summed E-state index contributed by atoms with van der Waals surface area (Å²) >= 11 is 0. The number of halogens is 8. The highest BCUT2D eigenvalue weighted by Crippen LogP contribution is 2.54. The number of carbonyl (C=O) groups excluding carboxylic acids is 1. The van der Waals surface area contributed by atoms with E-state index in [0.29, 0.717) is 18.7 Å². The van der Waals surface area contributed by atoms with Crippen LogP contribution in [-0.2, 0) is 34.9 Å². The first-order valence-electron chi connectivity index (χ1n) is 13.8. The summed E-state index contributed by atoms with van der Waals surface area (Å²) < 4.78 is 159. The van der Waals surface area contributed by atoms with Crippen LogP contribution in [0.2, 0.25) is 0 Å². The molecule has 250 valence electrons. The molecule has 0 bridgehead atoms. The van der Waals surface area contributed by atoms with Crippen molar-refractivity contribution >= 4 is 25.6 Å². The molecule has 2 aromatic rings. The fourth-order valence-electron chi connectivity index (χ4n) is 5.99. The van der Waals surface area contributed by atoms with E-state index in [9.17, 15) is 56.8 Å². The molecule has 2 fully saturated rings. The van der Waals surface area contributed by atoms with E-state index in [1.165, 1.54) is 4.90 Å². The Morgan fingerprint density at radius 3 is 1.91 bits per heavy atom. The fourth-order valence-corrected chi connectivity index (χ4v) is 9.68. The number of benzene rings is 2. The minimum atomic E-state index is -6.39. The molecule has 0 radical (unpaired) electrons. The van der Waals surface area contributed by atoms with E-state index < -0.39 is 76.6 Å². The van der Waals surface area contributed by atoms with Crippen molar-refractivity contribution in [2.75, 3.05) is 37.7 Å². The highest BCUT2D eigenvalue weighted by atomic mass is 32.2. The largest absolute Gasteiger partial charge is 0.435 e. The number of nitrogens with one attached hydrogen (secondary N) is 1. The Bertz CT molecular complexity index is 1600. The number of carbonyl (C=O) groups is 1. The van der Waals surface area contributed by atoms with Crippen LogP contribution in [0.15, 0.2) is 53.4 Å². The zero-order valence-electron chi connectivity index (χ0n) is 23.8. The summed E-state index contributed by atoms with van der Waals surface area (Å²) in [5, 5.41) is 3.03. The first-order valence-corrected chi connectivity index (χ1v) is 17.1. The van der Waals surface area contributed by atoms with Gasteiger partial charge in [0.2, 0.25) is 5.91 Å². The molecule has 0 saturated carbocycles. The molecule has 0 spiro atoms. The first kappa shape index (κ1) is 35.1. The monoisotopic (exact) mass is 690 g/mol. The van der Waals surface area contributed by atoms with Crippen LogP contribution in [0, 0.1) is 11.2 Å². The van der Waals surface area contributed by atoms with E-state index >= 15 is 0 Å². The Morgan fingerprint density at radius 2 is 1.42 bits per heavy atom. The van der Waals surface area contributed by atoms with Crippen molar-refractivity contribution in [1.82, 2.24) is 10.2 Å². The molecule has 1 N–H and O–H groups in total.